The van der Waals surface area contributed by atoms with E-state index in [1.807, 2.05) is 0 Å². The Hall–Kier alpha value is -3.64. The molecule has 2 aromatic rings. The molecule has 0 saturated carbocycles. The monoisotopic (exact) mass is 475 g/mol. The summed E-state index contributed by atoms with van der Waals surface area (Å²) < 4.78 is 16.0. The molecule has 0 radical (unpaired) electrons. The van der Waals surface area contributed by atoms with Gasteiger partial charge in [-0.05, 0) is 48.1 Å². The van der Waals surface area contributed by atoms with Crippen LogP contribution in [0.2, 0.25) is 0 Å². The van der Waals surface area contributed by atoms with Crippen molar-refractivity contribution in [2.45, 2.75) is 0 Å². The maximum atomic E-state index is 12.8. The number of hydrazine groups is 1. The number of nitrogens with zero attached hydrogens (tertiary/aromatic N) is 2. The molecule has 1 fully saturated rings. The highest BCUT2D eigenvalue weighted by atomic mass is 32.2. The zero-order valence-electron chi connectivity index (χ0n) is 17.1. The number of thioether (sulfide) groups is 1. The molecule has 0 bridgehead atoms. The summed E-state index contributed by atoms with van der Waals surface area (Å²) in [5.74, 6) is 0.0874. The van der Waals surface area contributed by atoms with Crippen molar-refractivity contribution in [3.05, 3.63) is 62.5 Å². The largest absolute Gasteiger partial charge is 0.493 e. The second-order valence-corrected chi connectivity index (χ2v) is 7.90. The van der Waals surface area contributed by atoms with E-state index in [-0.39, 0.29) is 20.5 Å². The second kappa shape index (κ2) is 9.66. The van der Waals surface area contributed by atoms with Crippen molar-refractivity contribution in [2.75, 3.05) is 21.3 Å². The van der Waals surface area contributed by atoms with Gasteiger partial charge >= 0.3 is 0 Å². The number of nitrogens with one attached hydrogen (secondary N) is 1. The number of hydrogen-bond donors (Lipinski definition) is 1. The molecule has 1 saturated heterocycles. The van der Waals surface area contributed by atoms with E-state index in [0.29, 0.717) is 22.8 Å². The van der Waals surface area contributed by atoms with Crippen LogP contribution in [0.4, 0.5) is 5.69 Å². The summed E-state index contributed by atoms with van der Waals surface area (Å²) >= 11 is 6.23. The maximum Gasteiger partial charge on any atom is 0.285 e. The van der Waals surface area contributed by atoms with Gasteiger partial charge in [0.25, 0.3) is 17.5 Å². The van der Waals surface area contributed by atoms with E-state index in [9.17, 15) is 19.7 Å². The first-order valence-electron chi connectivity index (χ1n) is 8.92. The predicted molar refractivity (Wildman–Crippen MR) is 122 cm³/mol. The average Bonchev–Trinajstić information content (AvgIpc) is 3.05. The topological polar surface area (TPSA) is 120 Å². The van der Waals surface area contributed by atoms with E-state index in [4.69, 9.17) is 26.4 Å². The molecule has 166 valence electrons. The highest BCUT2D eigenvalue weighted by molar-refractivity contribution is 8.26. The number of hydrogen-bond acceptors (Lipinski definition) is 9. The molecule has 32 heavy (non-hydrogen) atoms. The van der Waals surface area contributed by atoms with Crippen LogP contribution >= 0.6 is 24.0 Å². The van der Waals surface area contributed by atoms with Gasteiger partial charge in [0.05, 0.1) is 31.2 Å². The molecule has 0 spiro atoms. The van der Waals surface area contributed by atoms with Gasteiger partial charge in [-0.1, -0.05) is 11.8 Å². The van der Waals surface area contributed by atoms with Crippen molar-refractivity contribution >= 4 is 51.9 Å². The highest BCUT2D eigenvalue weighted by Gasteiger charge is 2.34. The zero-order chi connectivity index (χ0) is 23.4. The number of amides is 2. The van der Waals surface area contributed by atoms with Crippen molar-refractivity contribution in [1.82, 2.24) is 10.4 Å². The van der Waals surface area contributed by atoms with Gasteiger partial charge in [0.2, 0.25) is 5.75 Å². The fourth-order valence-electron chi connectivity index (χ4n) is 2.80. The Morgan fingerprint density at radius 3 is 2.22 bits per heavy atom. The molecule has 1 aliphatic heterocycles. The first-order valence-corrected chi connectivity index (χ1v) is 10.1. The van der Waals surface area contributed by atoms with Crippen LogP contribution in [0.3, 0.4) is 0 Å². The van der Waals surface area contributed by atoms with Gasteiger partial charge in [-0.15, -0.1) is 0 Å². The van der Waals surface area contributed by atoms with Gasteiger partial charge in [0.15, 0.2) is 15.8 Å². The summed E-state index contributed by atoms with van der Waals surface area (Å²) in [5.41, 5.74) is 3.01. The van der Waals surface area contributed by atoms with E-state index in [1.54, 1.807) is 18.2 Å². The summed E-state index contributed by atoms with van der Waals surface area (Å²) in [7, 11) is 4.45. The molecule has 0 atom stereocenters. The van der Waals surface area contributed by atoms with E-state index in [2.05, 4.69) is 5.43 Å². The van der Waals surface area contributed by atoms with Crippen LogP contribution in [-0.4, -0.2) is 47.4 Å². The fourth-order valence-corrected chi connectivity index (χ4v) is 3.98. The predicted octanol–water partition coefficient (Wildman–Crippen LogP) is 3.17. The summed E-state index contributed by atoms with van der Waals surface area (Å²) in [5, 5.41) is 11.7. The summed E-state index contributed by atoms with van der Waals surface area (Å²) in [6, 6.07) is 8.31. The van der Waals surface area contributed by atoms with Crippen molar-refractivity contribution in [3.8, 4) is 17.2 Å². The van der Waals surface area contributed by atoms with Crippen LogP contribution in [-0.2, 0) is 4.79 Å². The third-order valence-corrected chi connectivity index (χ3v) is 5.63. The number of ether oxygens (including phenoxy) is 3. The number of benzene rings is 2. The van der Waals surface area contributed by atoms with Crippen LogP contribution in [0.15, 0.2) is 41.3 Å². The minimum Gasteiger partial charge on any atom is -0.493 e. The van der Waals surface area contributed by atoms with Gasteiger partial charge in [-0.25, -0.2) is 0 Å². The van der Waals surface area contributed by atoms with Crippen molar-refractivity contribution < 1.29 is 28.7 Å². The van der Waals surface area contributed by atoms with Crippen LogP contribution in [0, 0.1) is 10.1 Å². The Balaban J connectivity index is 1.82. The molecule has 0 aromatic heterocycles. The fraction of sp³-hybridized carbons (Fsp3) is 0.150. The van der Waals surface area contributed by atoms with E-state index >= 15 is 0 Å². The Labute approximate surface area is 192 Å². The first kappa shape index (κ1) is 23.0. The van der Waals surface area contributed by atoms with Crippen molar-refractivity contribution in [3.63, 3.8) is 0 Å². The van der Waals surface area contributed by atoms with Gasteiger partial charge < -0.3 is 14.2 Å². The summed E-state index contributed by atoms with van der Waals surface area (Å²) in [6.07, 6.45) is 1.59. The highest BCUT2D eigenvalue weighted by Crippen LogP contribution is 2.40. The summed E-state index contributed by atoms with van der Waals surface area (Å²) in [4.78, 5) is 35.7. The molecule has 0 unspecified atom stereocenters. The quantitative estimate of drug-likeness (QED) is 0.279. The summed E-state index contributed by atoms with van der Waals surface area (Å²) in [6.45, 7) is 0. The number of rotatable bonds is 7. The molecular weight excluding hydrogens is 458 g/mol. The van der Waals surface area contributed by atoms with Gasteiger partial charge in [-0.3, -0.25) is 25.1 Å². The average molecular weight is 476 g/mol. The lowest BCUT2D eigenvalue weighted by molar-refractivity contribution is -0.384. The zero-order valence-corrected chi connectivity index (χ0v) is 18.7. The number of nitro groups is 1. The Morgan fingerprint density at radius 1 is 1.12 bits per heavy atom. The standard InChI is InChI=1S/C20H17N3O7S2/c1-28-14-8-11(9-15(29-2)17(14)30-3)10-16-19(25)22(20(31)32-16)21-18(24)12-4-6-13(7-5-12)23(26)27/h4-10H,1-3H3,(H,21,24). The van der Waals surface area contributed by atoms with E-state index in [0.717, 1.165) is 16.8 Å². The van der Waals surface area contributed by atoms with Crippen LogP contribution in [0.25, 0.3) is 6.08 Å². The van der Waals surface area contributed by atoms with Crippen molar-refractivity contribution in [2.24, 2.45) is 0 Å². The van der Waals surface area contributed by atoms with Crippen molar-refractivity contribution in [1.29, 1.82) is 0 Å². The number of methoxy groups -OCH3 is 3. The van der Waals surface area contributed by atoms with E-state index < -0.39 is 16.7 Å². The number of carbonyl (C=O) groups is 2. The number of thiocarbonyl (C=S) groups is 1. The normalized spacial score (nSPS) is 14.5. The lowest BCUT2D eigenvalue weighted by Gasteiger charge is -2.15. The number of nitro benzene ring substituents is 1. The van der Waals surface area contributed by atoms with Crippen LogP contribution in [0.5, 0.6) is 17.2 Å². The molecular formula is C20H17N3O7S2. The molecule has 2 aromatic carbocycles. The molecule has 12 heteroatoms. The number of carbonyl (C=O) groups excluding carboxylic acids is 2. The van der Waals surface area contributed by atoms with Gasteiger partial charge in [0, 0.05) is 17.7 Å². The second-order valence-electron chi connectivity index (χ2n) is 6.22. The molecule has 0 aliphatic carbocycles. The Bertz CT molecular complexity index is 1110. The van der Waals surface area contributed by atoms with E-state index in [1.165, 1.54) is 45.6 Å². The van der Waals surface area contributed by atoms with Gasteiger partial charge in [0.1, 0.15) is 0 Å². The SMILES string of the molecule is COc1cc(C=C2SC(=S)N(NC(=O)c3ccc([N+](=O)[O-])cc3)C2=O)cc(OC)c1OC. The molecule has 1 aliphatic rings. The molecule has 10 nitrogen and oxygen atoms in total. The smallest absolute Gasteiger partial charge is 0.285 e. The lowest BCUT2D eigenvalue weighted by atomic mass is 10.1. The van der Waals surface area contributed by atoms with Crippen LogP contribution in [0.1, 0.15) is 15.9 Å². The molecule has 1 heterocycles. The third-order valence-electron chi connectivity index (χ3n) is 4.33. The molecule has 1 N–H and O–H groups in total. The van der Waals surface area contributed by atoms with Gasteiger partial charge in [-0.2, -0.15) is 5.01 Å². The first-order chi connectivity index (χ1) is 15.3. The lowest BCUT2D eigenvalue weighted by Crippen LogP contribution is -2.44. The Morgan fingerprint density at radius 2 is 1.72 bits per heavy atom. The number of non-ortho nitro benzene ring substituents is 1. The third kappa shape index (κ3) is 4.65. The molecule has 2 amide bonds. The Kier molecular flexibility index (Phi) is 6.95. The minimum atomic E-state index is -0.634. The maximum absolute atomic E-state index is 12.8. The minimum absolute atomic E-state index is 0.129. The molecule has 3 rings (SSSR count). The van der Waals surface area contributed by atoms with Crippen LogP contribution < -0.4 is 19.6 Å².